The van der Waals surface area contributed by atoms with Gasteiger partial charge in [0.2, 0.25) is 0 Å². The molecular weight excluding hydrogens is 242 g/mol. The number of nitrogens with zero attached hydrogens (tertiary/aromatic N) is 2. The summed E-state index contributed by atoms with van der Waals surface area (Å²) in [5, 5.41) is 7.43. The summed E-state index contributed by atoms with van der Waals surface area (Å²) in [4.78, 5) is 11.5. The van der Waals surface area contributed by atoms with E-state index in [0.717, 1.165) is 29.5 Å². The number of thiol groups is 1. The zero-order valence-electron chi connectivity index (χ0n) is 9.56. The second kappa shape index (κ2) is 4.49. The monoisotopic (exact) mass is 259 g/mol. The van der Waals surface area contributed by atoms with Crippen LogP contribution in [0.15, 0.2) is 9.95 Å². The Hall–Kier alpha value is -0.360. The van der Waals surface area contributed by atoms with Crippen LogP contribution in [-0.4, -0.2) is 26.3 Å². The first kappa shape index (κ1) is 12.1. The fourth-order valence-electron chi connectivity index (χ4n) is 1.35. The third-order valence-electron chi connectivity index (χ3n) is 2.60. The first-order chi connectivity index (χ1) is 7.53. The summed E-state index contributed by atoms with van der Waals surface area (Å²) >= 11 is 5.96. The van der Waals surface area contributed by atoms with Crippen molar-refractivity contribution in [3.05, 3.63) is 10.5 Å². The molecule has 1 aromatic rings. The molecular formula is C10H17N3OS2. The largest absolute Gasteiger partial charge is 0.344 e. The smallest absolute Gasteiger partial charge is 0.267 e. The van der Waals surface area contributed by atoms with Gasteiger partial charge in [-0.1, -0.05) is 25.6 Å². The van der Waals surface area contributed by atoms with Gasteiger partial charge < -0.3 is 0 Å². The highest BCUT2D eigenvalue weighted by atomic mass is 32.2. The van der Waals surface area contributed by atoms with Crippen LogP contribution in [0.2, 0.25) is 0 Å². The normalized spacial score (nSPS) is 16.7. The summed E-state index contributed by atoms with van der Waals surface area (Å²) in [6.45, 7) is 4.33. The molecule has 0 saturated heterocycles. The molecule has 0 spiro atoms. The molecule has 0 bridgehead atoms. The molecule has 0 aromatic carbocycles. The van der Waals surface area contributed by atoms with Crippen LogP contribution in [0.1, 0.15) is 32.7 Å². The van der Waals surface area contributed by atoms with Crippen LogP contribution in [-0.2, 0) is 0 Å². The molecule has 0 atom stereocenters. The molecule has 1 saturated carbocycles. The van der Waals surface area contributed by atoms with Crippen LogP contribution in [0.5, 0.6) is 0 Å². The summed E-state index contributed by atoms with van der Waals surface area (Å²) in [7, 11) is 0. The second-order valence-electron chi connectivity index (χ2n) is 5.02. The van der Waals surface area contributed by atoms with Gasteiger partial charge in [0.25, 0.3) is 0 Å². The first-order valence-corrected chi connectivity index (χ1v) is 7.06. The van der Waals surface area contributed by atoms with E-state index < -0.39 is 0 Å². The van der Waals surface area contributed by atoms with Crippen LogP contribution >= 0.6 is 24.4 Å². The summed E-state index contributed by atoms with van der Waals surface area (Å²) in [6.07, 6.45) is 2.20. The Labute approximate surface area is 105 Å². The minimum atomic E-state index is -0.0753. The van der Waals surface area contributed by atoms with Crippen molar-refractivity contribution in [2.45, 2.75) is 37.9 Å². The number of aromatic amines is 1. The van der Waals surface area contributed by atoms with E-state index >= 15 is 0 Å². The lowest BCUT2D eigenvalue weighted by molar-refractivity contribution is 0.492. The van der Waals surface area contributed by atoms with Gasteiger partial charge in [-0.25, -0.2) is 9.89 Å². The molecule has 0 unspecified atom stereocenters. The van der Waals surface area contributed by atoms with Crippen LogP contribution < -0.4 is 5.69 Å². The van der Waals surface area contributed by atoms with Crippen molar-refractivity contribution in [3.8, 4) is 0 Å². The molecule has 6 heteroatoms. The molecule has 2 rings (SSSR count). The minimum absolute atomic E-state index is 0.0753. The van der Waals surface area contributed by atoms with E-state index in [9.17, 15) is 4.79 Å². The van der Waals surface area contributed by atoms with Crippen molar-refractivity contribution in [1.29, 1.82) is 0 Å². The van der Waals surface area contributed by atoms with Crippen LogP contribution in [0, 0.1) is 5.41 Å². The number of aromatic nitrogens is 3. The maximum atomic E-state index is 11.5. The van der Waals surface area contributed by atoms with Gasteiger partial charge in [0.05, 0.1) is 0 Å². The molecule has 16 heavy (non-hydrogen) atoms. The summed E-state index contributed by atoms with van der Waals surface area (Å²) in [5.74, 6) is 1.76. The molecule has 1 heterocycles. The third kappa shape index (κ3) is 2.66. The van der Waals surface area contributed by atoms with E-state index in [4.69, 9.17) is 0 Å². The van der Waals surface area contributed by atoms with E-state index in [1.165, 1.54) is 0 Å². The number of hydrogen-bond donors (Lipinski definition) is 2. The summed E-state index contributed by atoms with van der Waals surface area (Å²) in [5.41, 5.74) is 0.0885. The summed E-state index contributed by atoms with van der Waals surface area (Å²) in [6, 6.07) is 0.382. The van der Waals surface area contributed by atoms with Gasteiger partial charge in [-0.15, -0.1) is 5.10 Å². The third-order valence-corrected chi connectivity index (χ3v) is 4.93. The van der Waals surface area contributed by atoms with Crippen molar-refractivity contribution in [3.63, 3.8) is 0 Å². The molecule has 1 aliphatic rings. The number of thioether (sulfide) groups is 1. The van der Waals surface area contributed by atoms with Gasteiger partial charge >= 0.3 is 5.69 Å². The minimum Gasteiger partial charge on any atom is -0.267 e. The molecule has 90 valence electrons. The Morgan fingerprint density at radius 3 is 2.88 bits per heavy atom. The fraction of sp³-hybridized carbons (Fsp3) is 0.800. The zero-order valence-corrected chi connectivity index (χ0v) is 11.3. The van der Waals surface area contributed by atoms with Gasteiger partial charge in [-0.05, 0) is 24.0 Å². The number of H-pyrrole nitrogens is 1. The first-order valence-electron chi connectivity index (χ1n) is 5.44. The highest BCUT2D eigenvalue weighted by molar-refractivity contribution is 7.99. The van der Waals surface area contributed by atoms with E-state index in [1.54, 1.807) is 16.3 Å². The Morgan fingerprint density at radius 1 is 1.62 bits per heavy atom. The van der Waals surface area contributed by atoms with Crippen molar-refractivity contribution in [2.75, 3.05) is 11.5 Å². The molecule has 1 aromatic heterocycles. The van der Waals surface area contributed by atoms with Crippen molar-refractivity contribution < 1.29 is 0 Å². The SMILES string of the molecule is CC(C)(CS)CSc1n[nH]c(=O)n1C1CC1. The van der Waals surface area contributed by atoms with E-state index in [1.807, 2.05) is 0 Å². The van der Waals surface area contributed by atoms with Gasteiger partial charge in [-0.2, -0.15) is 12.6 Å². The standard InChI is InChI=1S/C10H17N3OS2/c1-10(2,5-15)6-16-9-12-11-8(14)13(9)7-3-4-7/h7,15H,3-6H2,1-2H3,(H,11,14). The van der Waals surface area contributed by atoms with E-state index in [-0.39, 0.29) is 11.1 Å². The highest BCUT2D eigenvalue weighted by Crippen LogP contribution is 2.37. The zero-order chi connectivity index (χ0) is 11.8. The topological polar surface area (TPSA) is 50.7 Å². The maximum Gasteiger partial charge on any atom is 0.344 e. The quantitative estimate of drug-likeness (QED) is 0.628. The summed E-state index contributed by atoms with van der Waals surface area (Å²) < 4.78 is 1.79. The van der Waals surface area contributed by atoms with E-state index in [0.29, 0.717) is 6.04 Å². The van der Waals surface area contributed by atoms with Gasteiger partial charge in [0.1, 0.15) is 0 Å². The van der Waals surface area contributed by atoms with Crippen LogP contribution in [0.4, 0.5) is 0 Å². The molecule has 0 aliphatic heterocycles. The van der Waals surface area contributed by atoms with Crippen molar-refractivity contribution in [1.82, 2.24) is 14.8 Å². The highest BCUT2D eigenvalue weighted by Gasteiger charge is 2.29. The fourth-order valence-corrected chi connectivity index (χ4v) is 2.72. The molecule has 1 fully saturated rings. The Kier molecular flexibility index (Phi) is 3.39. The van der Waals surface area contributed by atoms with Crippen molar-refractivity contribution >= 4 is 24.4 Å². The number of nitrogens with one attached hydrogen (secondary N) is 1. The van der Waals surface area contributed by atoms with Crippen LogP contribution in [0.3, 0.4) is 0 Å². The van der Waals surface area contributed by atoms with Crippen molar-refractivity contribution in [2.24, 2.45) is 5.41 Å². The molecule has 0 radical (unpaired) electrons. The predicted octanol–water partition coefficient (Wildman–Crippen LogP) is 1.95. The molecule has 1 aliphatic carbocycles. The molecule has 0 amide bonds. The Bertz CT molecular complexity index is 420. The lowest BCUT2D eigenvalue weighted by Crippen LogP contribution is -2.19. The lowest BCUT2D eigenvalue weighted by Gasteiger charge is -2.20. The van der Waals surface area contributed by atoms with Gasteiger partial charge in [0.15, 0.2) is 5.16 Å². The Balaban J connectivity index is 2.07. The van der Waals surface area contributed by atoms with E-state index in [2.05, 4.69) is 36.7 Å². The van der Waals surface area contributed by atoms with Gasteiger partial charge in [0, 0.05) is 11.8 Å². The van der Waals surface area contributed by atoms with Crippen LogP contribution in [0.25, 0.3) is 0 Å². The predicted molar refractivity (Wildman–Crippen MR) is 69.5 cm³/mol. The average Bonchev–Trinajstić information content (AvgIpc) is 3.01. The van der Waals surface area contributed by atoms with Gasteiger partial charge in [-0.3, -0.25) is 4.57 Å². The molecule has 4 nitrogen and oxygen atoms in total. The lowest BCUT2D eigenvalue weighted by atomic mass is 10.0. The maximum absolute atomic E-state index is 11.5. The average molecular weight is 259 g/mol. The Morgan fingerprint density at radius 2 is 2.31 bits per heavy atom. The number of rotatable bonds is 5. The number of hydrogen-bond acceptors (Lipinski definition) is 4. The molecule has 1 N–H and O–H groups in total. The second-order valence-corrected chi connectivity index (χ2v) is 6.28.